The molecule has 8 heteroatoms. The number of aryl methyl sites for hydroxylation is 2. The van der Waals surface area contributed by atoms with Crippen molar-refractivity contribution in [1.29, 1.82) is 0 Å². The number of fused-ring (bicyclic) bond motifs is 1. The summed E-state index contributed by atoms with van der Waals surface area (Å²) >= 11 is 0. The Morgan fingerprint density at radius 1 is 1.34 bits per heavy atom. The Kier molecular flexibility index (Phi) is 7.15. The number of nitrogens with zero attached hydrogens (tertiary/aromatic N) is 4. The minimum atomic E-state index is 0. The molecule has 1 unspecified atom stereocenters. The Bertz CT molecular complexity index is 861. The number of methoxy groups -OCH3 is 1. The molecule has 158 valence electrons. The molecule has 2 heterocycles. The number of ether oxygens (including phenoxy) is 1. The van der Waals surface area contributed by atoms with Gasteiger partial charge in [-0.15, -0.1) is 24.0 Å². The van der Waals surface area contributed by atoms with Crippen LogP contribution in [0.3, 0.4) is 0 Å². The smallest absolute Gasteiger partial charge is 0.191 e. The Morgan fingerprint density at radius 3 is 2.83 bits per heavy atom. The van der Waals surface area contributed by atoms with Crippen LogP contribution >= 0.6 is 24.0 Å². The highest BCUT2D eigenvalue weighted by Gasteiger charge is 2.45. The van der Waals surface area contributed by atoms with Gasteiger partial charge in [0.15, 0.2) is 11.8 Å². The van der Waals surface area contributed by atoms with E-state index in [1.54, 1.807) is 7.11 Å². The molecule has 0 radical (unpaired) electrons. The molecule has 0 bridgehead atoms. The summed E-state index contributed by atoms with van der Waals surface area (Å²) in [4.78, 5) is 9.00. The van der Waals surface area contributed by atoms with Crippen LogP contribution in [0.2, 0.25) is 0 Å². The van der Waals surface area contributed by atoms with Gasteiger partial charge in [0.1, 0.15) is 12.4 Å². The minimum absolute atomic E-state index is 0. The maximum Gasteiger partial charge on any atom is 0.191 e. The zero-order chi connectivity index (χ0) is 19.6. The number of nitrogens with one attached hydrogen (secondary N) is 2. The quantitative estimate of drug-likeness (QED) is 0.355. The first-order valence-corrected chi connectivity index (χ1v) is 10.1. The predicted octanol–water partition coefficient (Wildman–Crippen LogP) is 2.56. The summed E-state index contributed by atoms with van der Waals surface area (Å²) in [6.45, 7) is 4.38. The van der Waals surface area contributed by atoms with Gasteiger partial charge in [-0.1, -0.05) is 24.3 Å². The average molecular weight is 510 g/mol. The Labute approximate surface area is 189 Å². The second-order valence-corrected chi connectivity index (χ2v) is 7.96. The van der Waals surface area contributed by atoms with E-state index in [1.165, 1.54) is 24.0 Å². The lowest BCUT2D eigenvalue weighted by Crippen LogP contribution is -2.48. The van der Waals surface area contributed by atoms with Crippen LogP contribution in [-0.4, -0.2) is 47.5 Å². The third kappa shape index (κ3) is 4.91. The molecule has 1 atom stereocenters. The topological polar surface area (TPSA) is 76.4 Å². The lowest BCUT2D eigenvalue weighted by Gasteiger charge is -2.26. The molecular formula is C21H31IN6O. The van der Waals surface area contributed by atoms with Crippen molar-refractivity contribution in [2.45, 2.75) is 57.2 Å². The van der Waals surface area contributed by atoms with Crippen LogP contribution in [0.15, 0.2) is 29.3 Å². The van der Waals surface area contributed by atoms with Crippen molar-refractivity contribution in [2.75, 3.05) is 20.7 Å². The average Bonchev–Trinajstić information content (AvgIpc) is 3.38. The van der Waals surface area contributed by atoms with Crippen LogP contribution in [0, 0.1) is 6.92 Å². The van der Waals surface area contributed by atoms with E-state index in [1.807, 2.05) is 11.7 Å². The van der Waals surface area contributed by atoms with Gasteiger partial charge in [-0.2, -0.15) is 5.10 Å². The van der Waals surface area contributed by atoms with Gasteiger partial charge in [0, 0.05) is 38.6 Å². The van der Waals surface area contributed by atoms with Gasteiger partial charge in [-0.25, -0.2) is 9.67 Å². The van der Waals surface area contributed by atoms with Crippen molar-refractivity contribution < 1.29 is 4.74 Å². The van der Waals surface area contributed by atoms with Crippen LogP contribution in [-0.2, 0) is 29.7 Å². The fraction of sp³-hybridized carbons (Fsp3) is 0.571. The molecule has 4 rings (SSSR count). The molecule has 2 N–H and O–H groups in total. The second kappa shape index (κ2) is 9.42. The van der Waals surface area contributed by atoms with E-state index in [-0.39, 0.29) is 29.4 Å². The second-order valence-electron chi connectivity index (χ2n) is 7.96. The van der Waals surface area contributed by atoms with Gasteiger partial charge < -0.3 is 15.4 Å². The van der Waals surface area contributed by atoms with Crippen molar-refractivity contribution in [2.24, 2.45) is 4.99 Å². The number of rotatable bonds is 6. The fourth-order valence-corrected chi connectivity index (χ4v) is 4.17. The maximum atomic E-state index is 5.15. The molecule has 1 fully saturated rings. The summed E-state index contributed by atoms with van der Waals surface area (Å²) in [6.07, 6.45) is 4.40. The van der Waals surface area contributed by atoms with Crippen molar-refractivity contribution >= 4 is 29.9 Å². The van der Waals surface area contributed by atoms with Gasteiger partial charge in [0.05, 0.1) is 6.54 Å². The van der Waals surface area contributed by atoms with Gasteiger partial charge in [-0.3, -0.25) is 4.99 Å². The molecule has 1 aromatic carbocycles. The Morgan fingerprint density at radius 2 is 2.14 bits per heavy atom. The van der Waals surface area contributed by atoms with E-state index in [4.69, 9.17) is 4.74 Å². The lowest BCUT2D eigenvalue weighted by molar-refractivity contribution is 0.177. The Hall–Kier alpha value is -1.68. The number of hydrogen-bond acceptors (Lipinski definition) is 4. The van der Waals surface area contributed by atoms with Crippen molar-refractivity contribution in [3.05, 3.63) is 47.0 Å². The summed E-state index contributed by atoms with van der Waals surface area (Å²) < 4.78 is 7.14. The number of aliphatic imine (C=N–C) groups is 1. The number of halogens is 1. The molecule has 1 saturated carbocycles. The monoisotopic (exact) mass is 510 g/mol. The molecule has 1 aliphatic carbocycles. The summed E-state index contributed by atoms with van der Waals surface area (Å²) in [7, 11) is 3.51. The molecule has 7 nitrogen and oxygen atoms in total. The molecule has 2 aliphatic rings. The number of aromatic nitrogens is 3. The van der Waals surface area contributed by atoms with Gasteiger partial charge in [-0.05, 0) is 37.3 Å². The standard InChI is InChI=1S/C21H30N6O.HI/c1-15-6-4-5-7-17(15)21(10-11-21)14-23-20(22-2)24-16-8-9-19-25-18(13-28-3)26-27(19)12-16;/h4-7,16H,8-14H2,1-3H3,(H2,22,23,24);1H. The zero-order valence-electron chi connectivity index (χ0n) is 17.4. The highest BCUT2D eigenvalue weighted by atomic mass is 127. The van der Waals surface area contributed by atoms with Gasteiger partial charge in [0.2, 0.25) is 0 Å². The number of guanidine groups is 1. The zero-order valence-corrected chi connectivity index (χ0v) is 19.8. The third-order valence-electron chi connectivity index (χ3n) is 5.90. The van der Waals surface area contributed by atoms with E-state index < -0.39 is 0 Å². The van der Waals surface area contributed by atoms with Crippen LogP contribution in [0.25, 0.3) is 0 Å². The SMILES string of the molecule is CN=C(NCC1(c2ccccc2C)CC1)NC1CCc2nc(COC)nn2C1.I. The highest BCUT2D eigenvalue weighted by Crippen LogP contribution is 2.48. The summed E-state index contributed by atoms with van der Waals surface area (Å²) in [5.74, 6) is 2.67. The van der Waals surface area contributed by atoms with Crippen molar-refractivity contribution in [3.8, 4) is 0 Å². The van der Waals surface area contributed by atoms with Gasteiger partial charge in [0.25, 0.3) is 0 Å². The lowest BCUT2D eigenvalue weighted by atomic mass is 9.92. The number of hydrogen-bond donors (Lipinski definition) is 2. The Balaban J connectivity index is 0.00000240. The predicted molar refractivity (Wildman–Crippen MR) is 125 cm³/mol. The molecule has 1 aromatic heterocycles. The summed E-state index contributed by atoms with van der Waals surface area (Å²) in [5, 5.41) is 11.7. The third-order valence-corrected chi connectivity index (χ3v) is 5.90. The van der Waals surface area contributed by atoms with E-state index in [9.17, 15) is 0 Å². The molecule has 0 amide bonds. The van der Waals surface area contributed by atoms with Crippen molar-refractivity contribution in [3.63, 3.8) is 0 Å². The molecular weight excluding hydrogens is 479 g/mol. The maximum absolute atomic E-state index is 5.15. The van der Waals surface area contributed by atoms with Crippen LogP contribution in [0.5, 0.6) is 0 Å². The molecule has 1 aliphatic heterocycles. The first kappa shape index (κ1) is 22.0. The summed E-state index contributed by atoms with van der Waals surface area (Å²) in [6, 6.07) is 9.03. The fourth-order valence-electron chi connectivity index (χ4n) is 4.17. The summed E-state index contributed by atoms with van der Waals surface area (Å²) in [5.41, 5.74) is 3.10. The van der Waals surface area contributed by atoms with E-state index >= 15 is 0 Å². The highest BCUT2D eigenvalue weighted by molar-refractivity contribution is 14.0. The van der Waals surface area contributed by atoms with Crippen molar-refractivity contribution in [1.82, 2.24) is 25.4 Å². The van der Waals surface area contributed by atoms with Crippen LogP contribution < -0.4 is 10.6 Å². The van der Waals surface area contributed by atoms with Crippen LogP contribution in [0.4, 0.5) is 0 Å². The molecule has 2 aromatic rings. The largest absolute Gasteiger partial charge is 0.377 e. The normalized spacial score (nSPS) is 19.8. The van der Waals surface area contributed by atoms with Gasteiger partial charge >= 0.3 is 0 Å². The minimum Gasteiger partial charge on any atom is -0.377 e. The van der Waals surface area contributed by atoms with Crippen LogP contribution in [0.1, 0.15) is 42.0 Å². The van der Waals surface area contributed by atoms with E-state index in [2.05, 4.69) is 56.9 Å². The number of benzene rings is 1. The first-order valence-electron chi connectivity index (χ1n) is 10.1. The first-order chi connectivity index (χ1) is 13.6. The van der Waals surface area contributed by atoms with E-state index in [0.29, 0.717) is 12.6 Å². The molecule has 0 saturated heterocycles. The molecule has 0 spiro atoms. The van der Waals surface area contributed by atoms with E-state index in [0.717, 1.165) is 43.5 Å². The molecule has 29 heavy (non-hydrogen) atoms.